The number of thiophene rings is 1. The molecule has 0 spiro atoms. The number of hydrogen-bond acceptors (Lipinski definition) is 2. The summed E-state index contributed by atoms with van der Waals surface area (Å²) >= 11 is 1.65. The third-order valence-corrected chi connectivity index (χ3v) is 3.85. The highest BCUT2D eigenvalue weighted by Crippen LogP contribution is 2.16. The lowest BCUT2D eigenvalue weighted by Gasteiger charge is -2.08. The highest BCUT2D eigenvalue weighted by atomic mass is 32.1. The Morgan fingerprint density at radius 1 is 1.06 bits per heavy atom. The molecule has 2 aromatic rings. The molecule has 0 aliphatic carbocycles. The summed E-state index contributed by atoms with van der Waals surface area (Å²) in [6, 6.07) is 10.2. The third kappa shape index (κ3) is 3.04. The van der Waals surface area contributed by atoms with Crippen LogP contribution in [-0.2, 0) is 17.6 Å². The van der Waals surface area contributed by atoms with Gasteiger partial charge >= 0.3 is 0 Å². The van der Waals surface area contributed by atoms with Crippen LogP contribution < -0.4 is 0 Å². The zero-order chi connectivity index (χ0) is 12.3. The largest absolute Gasteiger partial charge is 0.299 e. The van der Waals surface area contributed by atoms with Gasteiger partial charge in [0.1, 0.15) is 5.78 Å². The van der Waals surface area contributed by atoms with Gasteiger partial charge in [-0.1, -0.05) is 24.3 Å². The fraction of sp³-hybridized carbons (Fsp3) is 0.267. The molecule has 1 aromatic carbocycles. The number of ketones is 1. The molecule has 0 saturated heterocycles. The number of aryl methyl sites for hydroxylation is 2. The van der Waals surface area contributed by atoms with Gasteiger partial charge < -0.3 is 0 Å². The molecule has 0 atom stereocenters. The molecule has 17 heavy (non-hydrogen) atoms. The monoisotopic (exact) mass is 244 g/mol. The van der Waals surface area contributed by atoms with Crippen LogP contribution in [-0.4, -0.2) is 5.78 Å². The van der Waals surface area contributed by atoms with Gasteiger partial charge in [-0.25, -0.2) is 0 Å². The van der Waals surface area contributed by atoms with Crippen molar-refractivity contribution in [3.05, 3.63) is 57.3 Å². The van der Waals surface area contributed by atoms with Crippen molar-refractivity contribution in [2.24, 2.45) is 0 Å². The highest BCUT2D eigenvalue weighted by Gasteiger charge is 2.09. The predicted octanol–water partition coefficient (Wildman–Crippen LogP) is 3.72. The Hall–Kier alpha value is -1.41. The average molecular weight is 244 g/mol. The molecule has 0 unspecified atom stereocenters. The number of hydrogen-bond donors (Lipinski definition) is 0. The van der Waals surface area contributed by atoms with E-state index in [0.717, 1.165) is 4.88 Å². The van der Waals surface area contributed by atoms with Gasteiger partial charge in [-0.15, -0.1) is 11.3 Å². The van der Waals surface area contributed by atoms with Crippen molar-refractivity contribution in [3.63, 3.8) is 0 Å². The van der Waals surface area contributed by atoms with Crippen LogP contribution >= 0.6 is 11.3 Å². The first-order valence-electron chi connectivity index (χ1n) is 5.76. The Bertz CT molecular complexity index is 491. The third-order valence-electron chi connectivity index (χ3n) is 2.97. The molecular weight excluding hydrogens is 228 g/mol. The standard InChI is InChI=1S/C15H16OS/c1-11-5-3-6-12(2)15(11)10-13(16)9-14-7-4-8-17-14/h3-8H,9-10H2,1-2H3. The van der Waals surface area contributed by atoms with Crippen LogP contribution in [0.2, 0.25) is 0 Å². The fourth-order valence-corrected chi connectivity index (χ4v) is 2.73. The van der Waals surface area contributed by atoms with Gasteiger partial charge in [0.15, 0.2) is 0 Å². The molecule has 0 fully saturated rings. The van der Waals surface area contributed by atoms with Crippen LogP contribution in [0.1, 0.15) is 21.6 Å². The van der Waals surface area contributed by atoms with E-state index >= 15 is 0 Å². The number of Topliss-reactive ketones (excluding diaryl/α,β-unsaturated/α-hetero) is 1. The first kappa shape index (κ1) is 12.1. The summed E-state index contributed by atoms with van der Waals surface area (Å²) in [4.78, 5) is 13.1. The lowest BCUT2D eigenvalue weighted by molar-refractivity contribution is -0.117. The summed E-state index contributed by atoms with van der Waals surface area (Å²) in [6.07, 6.45) is 1.11. The minimum Gasteiger partial charge on any atom is -0.299 e. The number of rotatable bonds is 4. The Kier molecular flexibility index (Phi) is 3.75. The molecule has 0 bridgehead atoms. The normalized spacial score (nSPS) is 10.5. The zero-order valence-corrected chi connectivity index (χ0v) is 11.0. The number of carbonyl (C=O) groups excluding carboxylic acids is 1. The molecule has 0 radical (unpaired) electrons. The molecule has 0 aliphatic rings. The maximum Gasteiger partial charge on any atom is 0.142 e. The van der Waals surface area contributed by atoms with Crippen molar-refractivity contribution in [1.82, 2.24) is 0 Å². The van der Waals surface area contributed by atoms with E-state index in [9.17, 15) is 4.79 Å². The van der Waals surface area contributed by atoms with Crippen molar-refractivity contribution < 1.29 is 4.79 Å². The van der Waals surface area contributed by atoms with Crippen LogP contribution in [0.15, 0.2) is 35.7 Å². The van der Waals surface area contributed by atoms with Gasteiger partial charge in [0, 0.05) is 17.7 Å². The summed E-state index contributed by atoms with van der Waals surface area (Å²) in [6.45, 7) is 4.14. The van der Waals surface area contributed by atoms with Crippen LogP contribution in [0.25, 0.3) is 0 Å². The van der Waals surface area contributed by atoms with E-state index in [-0.39, 0.29) is 0 Å². The predicted molar refractivity (Wildman–Crippen MR) is 72.7 cm³/mol. The first-order chi connectivity index (χ1) is 8.16. The maximum atomic E-state index is 12.0. The van der Waals surface area contributed by atoms with Gasteiger partial charge in [-0.2, -0.15) is 0 Å². The Labute approximate surface area is 106 Å². The lowest BCUT2D eigenvalue weighted by Crippen LogP contribution is -2.08. The van der Waals surface area contributed by atoms with Crippen molar-refractivity contribution in [2.45, 2.75) is 26.7 Å². The Morgan fingerprint density at radius 2 is 1.76 bits per heavy atom. The Morgan fingerprint density at radius 3 is 2.35 bits per heavy atom. The molecule has 0 N–H and O–H groups in total. The smallest absolute Gasteiger partial charge is 0.142 e. The molecule has 1 aromatic heterocycles. The van der Waals surface area contributed by atoms with E-state index in [4.69, 9.17) is 0 Å². The summed E-state index contributed by atoms with van der Waals surface area (Å²) in [5.74, 6) is 0.296. The molecule has 1 nitrogen and oxygen atoms in total. The number of benzene rings is 1. The van der Waals surface area contributed by atoms with Crippen molar-refractivity contribution >= 4 is 17.1 Å². The molecule has 88 valence electrons. The van der Waals surface area contributed by atoms with Crippen molar-refractivity contribution in [3.8, 4) is 0 Å². The topological polar surface area (TPSA) is 17.1 Å². The quantitative estimate of drug-likeness (QED) is 0.801. The molecule has 2 heteroatoms. The second kappa shape index (κ2) is 5.28. The van der Waals surface area contributed by atoms with Crippen LogP contribution in [0.5, 0.6) is 0 Å². The summed E-state index contributed by atoms with van der Waals surface area (Å²) in [5, 5.41) is 2.02. The van der Waals surface area contributed by atoms with Gasteiger partial charge in [0.05, 0.1) is 0 Å². The minimum absolute atomic E-state index is 0.296. The SMILES string of the molecule is Cc1cccc(C)c1CC(=O)Cc1cccs1. The van der Waals surface area contributed by atoms with E-state index in [1.165, 1.54) is 16.7 Å². The fourth-order valence-electron chi connectivity index (χ4n) is 1.99. The van der Waals surface area contributed by atoms with E-state index in [1.54, 1.807) is 11.3 Å². The maximum absolute atomic E-state index is 12.0. The second-order valence-corrected chi connectivity index (χ2v) is 5.37. The minimum atomic E-state index is 0.296. The molecule has 0 amide bonds. The van der Waals surface area contributed by atoms with Gasteiger partial charge in [-0.3, -0.25) is 4.79 Å². The van der Waals surface area contributed by atoms with Crippen LogP contribution in [0.4, 0.5) is 0 Å². The van der Waals surface area contributed by atoms with E-state index in [1.807, 2.05) is 23.6 Å². The first-order valence-corrected chi connectivity index (χ1v) is 6.64. The summed E-state index contributed by atoms with van der Waals surface area (Å²) in [5.41, 5.74) is 3.61. The highest BCUT2D eigenvalue weighted by molar-refractivity contribution is 7.10. The number of carbonyl (C=O) groups is 1. The second-order valence-electron chi connectivity index (χ2n) is 4.34. The summed E-state index contributed by atoms with van der Waals surface area (Å²) < 4.78 is 0. The average Bonchev–Trinajstić information content (AvgIpc) is 2.76. The molecule has 2 rings (SSSR count). The summed E-state index contributed by atoms with van der Waals surface area (Å²) in [7, 11) is 0. The van der Waals surface area contributed by atoms with E-state index in [0.29, 0.717) is 18.6 Å². The zero-order valence-electron chi connectivity index (χ0n) is 10.2. The van der Waals surface area contributed by atoms with Gasteiger partial charge in [0.2, 0.25) is 0 Å². The van der Waals surface area contributed by atoms with Crippen molar-refractivity contribution in [1.29, 1.82) is 0 Å². The molecular formula is C15H16OS. The van der Waals surface area contributed by atoms with Crippen LogP contribution in [0, 0.1) is 13.8 Å². The molecule has 0 saturated carbocycles. The van der Waals surface area contributed by atoms with E-state index in [2.05, 4.69) is 26.0 Å². The van der Waals surface area contributed by atoms with Crippen molar-refractivity contribution in [2.75, 3.05) is 0 Å². The Balaban J connectivity index is 2.08. The molecule has 1 heterocycles. The lowest BCUT2D eigenvalue weighted by atomic mass is 9.97. The van der Waals surface area contributed by atoms with Crippen LogP contribution in [0.3, 0.4) is 0 Å². The van der Waals surface area contributed by atoms with Gasteiger partial charge in [0.25, 0.3) is 0 Å². The van der Waals surface area contributed by atoms with Gasteiger partial charge in [-0.05, 0) is 42.0 Å². The van der Waals surface area contributed by atoms with E-state index < -0.39 is 0 Å². The molecule has 0 aliphatic heterocycles.